The molecule has 4 aromatic rings. The zero-order valence-electron chi connectivity index (χ0n) is 19.1. The summed E-state index contributed by atoms with van der Waals surface area (Å²) in [6.07, 6.45) is 0. The monoisotopic (exact) mass is 479 g/mol. The van der Waals surface area contributed by atoms with Crippen molar-refractivity contribution >= 4 is 16.6 Å². The van der Waals surface area contributed by atoms with Gasteiger partial charge in [-0.2, -0.15) is 5.10 Å². The van der Waals surface area contributed by atoms with Crippen LogP contribution in [0.4, 0.5) is 10.1 Å². The largest absolute Gasteiger partial charge is 0.488 e. The molecule has 0 spiro atoms. The number of ether oxygens (including phenoxy) is 2. The molecule has 0 unspecified atom stereocenters. The van der Waals surface area contributed by atoms with Crippen molar-refractivity contribution in [2.45, 2.75) is 6.04 Å². The number of benzene rings is 2. The van der Waals surface area contributed by atoms with E-state index in [1.807, 2.05) is 12.1 Å². The maximum absolute atomic E-state index is 14.4. The molecule has 2 fully saturated rings. The second-order valence-corrected chi connectivity index (χ2v) is 8.80. The van der Waals surface area contributed by atoms with Crippen LogP contribution in [0.25, 0.3) is 33.6 Å². The molecule has 2 aromatic heterocycles. The van der Waals surface area contributed by atoms with E-state index in [1.165, 1.54) is 17.8 Å². The molecule has 0 atom stereocenters. The molecule has 0 saturated carbocycles. The Morgan fingerprint density at radius 3 is 2.69 bits per heavy atom. The number of hydrogen-bond donors (Lipinski definition) is 2. The van der Waals surface area contributed by atoms with E-state index in [9.17, 15) is 4.39 Å². The number of halogens is 1. The van der Waals surface area contributed by atoms with Crippen molar-refractivity contribution in [1.29, 1.82) is 0 Å². The van der Waals surface area contributed by atoms with Crippen molar-refractivity contribution in [3.05, 3.63) is 48.3 Å². The Morgan fingerprint density at radius 2 is 1.91 bits per heavy atom. The third-order valence-corrected chi connectivity index (χ3v) is 6.66. The first-order valence-electron chi connectivity index (χ1n) is 11.7. The maximum atomic E-state index is 14.4. The minimum Gasteiger partial charge on any atom is -0.488 e. The fourth-order valence-electron chi connectivity index (χ4n) is 4.68. The topological polar surface area (TPSA) is 99.9 Å². The first kappa shape index (κ1) is 22.0. The lowest BCUT2D eigenvalue weighted by atomic mass is 10.0. The van der Waals surface area contributed by atoms with Crippen molar-refractivity contribution in [2.75, 3.05) is 57.5 Å². The van der Waals surface area contributed by atoms with Gasteiger partial charge in [0.1, 0.15) is 18.0 Å². The van der Waals surface area contributed by atoms with Crippen LogP contribution in [0.3, 0.4) is 0 Å². The molecule has 4 heterocycles. The van der Waals surface area contributed by atoms with Crippen molar-refractivity contribution < 1.29 is 23.5 Å². The Balaban J connectivity index is 1.16. The number of aromatic amines is 1. The van der Waals surface area contributed by atoms with Crippen molar-refractivity contribution in [3.63, 3.8) is 0 Å². The van der Waals surface area contributed by atoms with Crippen molar-refractivity contribution in [2.24, 2.45) is 0 Å². The first-order chi connectivity index (χ1) is 17.2. The molecule has 2 N–H and O–H groups in total. The van der Waals surface area contributed by atoms with Crippen LogP contribution in [0.5, 0.6) is 5.75 Å². The highest BCUT2D eigenvalue weighted by molar-refractivity contribution is 5.93. The van der Waals surface area contributed by atoms with Crippen LogP contribution in [0, 0.1) is 5.82 Å². The van der Waals surface area contributed by atoms with Crippen LogP contribution in [0.15, 0.2) is 47.0 Å². The molecular formula is C25H26FN5O4. The van der Waals surface area contributed by atoms with Gasteiger partial charge in [-0.05, 0) is 18.2 Å². The zero-order valence-corrected chi connectivity index (χ0v) is 19.1. The molecule has 10 heteroatoms. The van der Waals surface area contributed by atoms with Gasteiger partial charge in [-0.1, -0.05) is 17.3 Å². The zero-order chi connectivity index (χ0) is 23.8. The van der Waals surface area contributed by atoms with Crippen LogP contribution in [-0.2, 0) is 4.74 Å². The highest BCUT2D eigenvalue weighted by Crippen LogP contribution is 2.33. The third kappa shape index (κ3) is 4.24. The van der Waals surface area contributed by atoms with E-state index >= 15 is 0 Å². The van der Waals surface area contributed by atoms with Gasteiger partial charge in [-0.25, -0.2) is 4.39 Å². The van der Waals surface area contributed by atoms with Gasteiger partial charge in [0.2, 0.25) is 0 Å². The van der Waals surface area contributed by atoms with E-state index in [0.29, 0.717) is 34.1 Å². The SMILES string of the molecule is OCCOc1cc2[nH]nc(-c3cc(-c4ccc(N5CC(N6CCOCC6)C5)cc4)no3)c2cc1F. The first-order valence-corrected chi connectivity index (χ1v) is 11.7. The third-order valence-electron chi connectivity index (χ3n) is 6.66. The van der Waals surface area contributed by atoms with Gasteiger partial charge < -0.3 is 24.0 Å². The number of nitrogens with zero attached hydrogens (tertiary/aromatic N) is 4. The quantitative estimate of drug-likeness (QED) is 0.418. The van der Waals surface area contributed by atoms with Crippen LogP contribution >= 0.6 is 0 Å². The molecule has 0 bridgehead atoms. The number of aliphatic hydroxyl groups excluding tert-OH is 1. The number of nitrogens with one attached hydrogen (secondary N) is 1. The Morgan fingerprint density at radius 1 is 1.11 bits per heavy atom. The molecule has 2 aromatic carbocycles. The standard InChI is InChI=1S/C25H26FN5O4/c26-20-11-19-22(13-23(20)34-10-7-32)27-28-25(19)24-12-21(29-35-24)16-1-3-17(4-2-16)31-14-18(15-31)30-5-8-33-9-6-30/h1-4,11-13,18,32H,5-10,14-15H2,(H,27,28). The van der Waals surface area contributed by atoms with Crippen LogP contribution in [0.2, 0.25) is 0 Å². The number of anilines is 1. The summed E-state index contributed by atoms with van der Waals surface area (Å²) in [4.78, 5) is 4.89. The molecule has 0 aliphatic carbocycles. The van der Waals surface area contributed by atoms with Gasteiger partial charge in [0.05, 0.1) is 25.3 Å². The molecule has 0 radical (unpaired) electrons. The number of aromatic nitrogens is 3. The Kier molecular flexibility index (Phi) is 5.85. The number of fused-ring (bicyclic) bond motifs is 1. The normalized spacial score (nSPS) is 17.1. The predicted octanol–water partition coefficient (Wildman–Crippen LogP) is 2.92. The Hall–Kier alpha value is -3.47. The van der Waals surface area contributed by atoms with Gasteiger partial charge in [-0.3, -0.25) is 10.00 Å². The lowest BCUT2D eigenvalue weighted by molar-refractivity contribution is 0.0105. The highest BCUT2D eigenvalue weighted by Gasteiger charge is 2.32. The summed E-state index contributed by atoms with van der Waals surface area (Å²) in [5, 5.41) is 20.8. The minimum atomic E-state index is -0.536. The number of hydrogen-bond acceptors (Lipinski definition) is 8. The molecule has 2 aliphatic heterocycles. The van der Waals surface area contributed by atoms with Gasteiger partial charge in [-0.15, -0.1) is 0 Å². The van der Waals surface area contributed by atoms with E-state index < -0.39 is 5.82 Å². The highest BCUT2D eigenvalue weighted by atomic mass is 19.1. The molecule has 0 amide bonds. The average Bonchev–Trinajstić information content (AvgIpc) is 3.50. The molecule has 35 heavy (non-hydrogen) atoms. The molecule has 2 aliphatic rings. The molecule has 6 rings (SSSR count). The van der Waals surface area contributed by atoms with Crippen LogP contribution in [0.1, 0.15) is 0 Å². The number of H-pyrrole nitrogens is 1. The van der Waals surface area contributed by atoms with Gasteiger partial charge >= 0.3 is 0 Å². The van der Waals surface area contributed by atoms with E-state index in [-0.39, 0.29) is 19.0 Å². The summed E-state index contributed by atoms with van der Waals surface area (Å²) in [7, 11) is 0. The molecule has 2 saturated heterocycles. The summed E-state index contributed by atoms with van der Waals surface area (Å²) in [6, 6.07) is 13.5. The molecule has 182 valence electrons. The summed E-state index contributed by atoms with van der Waals surface area (Å²) < 4.78 is 30.7. The van der Waals surface area contributed by atoms with Crippen LogP contribution < -0.4 is 9.64 Å². The second kappa shape index (κ2) is 9.29. The summed E-state index contributed by atoms with van der Waals surface area (Å²) >= 11 is 0. The molecular weight excluding hydrogens is 453 g/mol. The van der Waals surface area contributed by atoms with E-state index in [1.54, 1.807) is 6.07 Å². The predicted molar refractivity (Wildman–Crippen MR) is 128 cm³/mol. The van der Waals surface area contributed by atoms with Crippen molar-refractivity contribution in [1.82, 2.24) is 20.3 Å². The van der Waals surface area contributed by atoms with Crippen LogP contribution in [-0.4, -0.2) is 84.0 Å². The lowest BCUT2D eigenvalue weighted by Crippen LogP contribution is -2.61. The number of rotatable bonds is 7. The van der Waals surface area contributed by atoms with E-state index in [2.05, 4.69) is 37.3 Å². The second-order valence-electron chi connectivity index (χ2n) is 8.80. The van der Waals surface area contributed by atoms with Gasteiger partial charge in [0.25, 0.3) is 0 Å². The Bertz CT molecular complexity index is 1310. The van der Waals surface area contributed by atoms with Crippen molar-refractivity contribution in [3.8, 4) is 28.5 Å². The lowest BCUT2D eigenvalue weighted by Gasteiger charge is -2.47. The van der Waals surface area contributed by atoms with E-state index in [4.69, 9.17) is 19.1 Å². The summed E-state index contributed by atoms with van der Waals surface area (Å²) in [5.41, 5.74) is 3.87. The summed E-state index contributed by atoms with van der Waals surface area (Å²) in [5.74, 6) is -0.0424. The fourth-order valence-corrected chi connectivity index (χ4v) is 4.68. The maximum Gasteiger partial charge on any atom is 0.188 e. The fraction of sp³-hybridized carbons (Fsp3) is 0.360. The van der Waals surface area contributed by atoms with E-state index in [0.717, 1.165) is 45.0 Å². The van der Waals surface area contributed by atoms with Gasteiger partial charge in [0, 0.05) is 61.0 Å². The minimum absolute atomic E-state index is 0.0138. The average molecular weight is 480 g/mol. The summed E-state index contributed by atoms with van der Waals surface area (Å²) in [6.45, 7) is 5.57. The Labute approximate surface area is 201 Å². The van der Waals surface area contributed by atoms with Gasteiger partial charge in [0.15, 0.2) is 17.3 Å². The smallest absolute Gasteiger partial charge is 0.188 e. The molecule has 9 nitrogen and oxygen atoms in total. The number of morpholine rings is 1. The number of aliphatic hydroxyl groups is 1.